The second kappa shape index (κ2) is 8.84. The molecule has 0 bridgehead atoms. The molecule has 0 saturated heterocycles. The van der Waals surface area contributed by atoms with E-state index in [0.717, 1.165) is 30.1 Å². The standard InChI is InChI=1S/C23H27O.2ClH.Hf/c1-14-8-15(2)11-18(10-14)21-19-12-16(3)9-17(19)13-20(22(21)24-7)23(4,5)6;;;/h8-13H,1-7H3;2*1H;/q;;;+2/p-2. The summed E-state index contributed by atoms with van der Waals surface area (Å²) in [6.07, 6.45) is 2.38. The van der Waals surface area contributed by atoms with Crippen LogP contribution in [0.1, 0.15) is 59.2 Å². The summed E-state index contributed by atoms with van der Waals surface area (Å²) in [5.74, 6) is 1.04. The molecule has 0 aromatic heterocycles. The van der Waals surface area contributed by atoms with Crippen molar-refractivity contribution in [3.8, 4) is 16.9 Å². The summed E-state index contributed by atoms with van der Waals surface area (Å²) in [6, 6.07) is 9.23. The van der Waals surface area contributed by atoms with Crippen LogP contribution in [0.5, 0.6) is 5.75 Å². The smallest absolute Gasteiger partial charge is 1.00 e. The van der Waals surface area contributed by atoms with Crippen molar-refractivity contribution >= 4 is 6.08 Å². The van der Waals surface area contributed by atoms with Gasteiger partial charge in [-0.25, -0.2) is 0 Å². The Bertz CT molecular complexity index is 859. The number of fused-ring (bicyclic) bond motifs is 1. The average Bonchev–Trinajstić information content (AvgIpc) is 2.78. The molecule has 3 rings (SSSR count). The maximum Gasteiger partial charge on any atom is -1.00 e. The quantitative estimate of drug-likeness (QED) is 0.474. The van der Waals surface area contributed by atoms with Crippen molar-refractivity contribution in [1.29, 1.82) is 0 Å². The SMILES string of the molecule is COc1c(C(C)(C)C)cc2c(c1-c1cc(C)cc(C)c1)C=C(C)[CH]2[Hf+2].[Cl-].[Cl-]. The van der Waals surface area contributed by atoms with Gasteiger partial charge in [-0.2, -0.15) is 0 Å². The second-order valence-electron chi connectivity index (χ2n) is 8.28. The number of halogens is 2. The van der Waals surface area contributed by atoms with Crippen molar-refractivity contribution < 1.29 is 53.9 Å². The van der Waals surface area contributed by atoms with E-state index in [2.05, 4.69) is 71.9 Å². The van der Waals surface area contributed by atoms with Crippen LogP contribution in [0.3, 0.4) is 0 Å². The maximum absolute atomic E-state index is 6.01. The predicted octanol–water partition coefficient (Wildman–Crippen LogP) is 0.289. The van der Waals surface area contributed by atoms with Gasteiger partial charge in [0.15, 0.2) is 0 Å². The van der Waals surface area contributed by atoms with E-state index in [1.807, 2.05) is 7.11 Å². The molecular formula is C23H27Cl2HfO. The maximum atomic E-state index is 6.01. The van der Waals surface area contributed by atoms with E-state index in [4.69, 9.17) is 4.74 Å². The van der Waals surface area contributed by atoms with E-state index in [9.17, 15) is 0 Å². The van der Waals surface area contributed by atoms with Gasteiger partial charge in [0, 0.05) is 0 Å². The van der Waals surface area contributed by atoms with Crippen molar-refractivity contribution in [2.45, 2.75) is 50.6 Å². The monoisotopic (exact) mass is 569 g/mol. The van der Waals surface area contributed by atoms with Gasteiger partial charge in [0.25, 0.3) is 0 Å². The molecule has 0 N–H and O–H groups in total. The van der Waals surface area contributed by atoms with Crippen LogP contribution in [0.2, 0.25) is 0 Å². The summed E-state index contributed by atoms with van der Waals surface area (Å²) < 4.78 is 6.62. The van der Waals surface area contributed by atoms with Crippen LogP contribution in [0.4, 0.5) is 0 Å². The number of ether oxygens (including phenoxy) is 1. The molecular weight excluding hydrogens is 542 g/mol. The molecule has 143 valence electrons. The van der Waals surface area contributed by atoms with E-state index in [-0.39, 0.29) is 30.2 Å². The molecule has 0 amide bonds. The van der Waals surface area contributed by atoms with Crippen LogP contribution in [0.15, 0.2) is 29.8 Å². The van der Waals surface area contributed by atoms with Crippen molar-refractivity contribution in [3.05, 3.63) is 57.7 Å². The van der Waals surface area contributed by atoms with E-state index in [1.165, 1.54) is 44.5 Å². The first-order valence-electron chi connectivity index (χ1n) is 8.87. The van der Waals surface area contributed by atoms with Gasteiger partial charge >= 0.3 is 167 Å². The molecule has 1 unspecified atom stereocenters. The van der Waals surface area contributed by atoms with E-state index >= 15 is 0 Å². The molecule has 0 spiro atoms. The van der Waals surface area contributed by atoms with Crippen LogP contribution in [0, 0.1) is 13.8 Å². The molecule has 0 radical (unpaired) electrons. The number of hydrogen-bond donors (Lipinski definition) is 0. The Hall–Kier alpha value is -0.570. The van der Waals surface area contributed by atoms with Crippen molar-refractivity contribution in [2.24, 2.45) is 0 Å². The minimum absolute atomic E-state index is 0. The third kappa shape index (κ3) is 4.54. The summed E-state index contributed by atoms with van der Waals surface area (Å²) in [6.45, 7) is 13.5. The Morgan fingerprint density at radius 2 is 1.48 bits per heavy atom. The van der Waals surface area contributed by atoms with Gasteiger partial charge in [-0.1, -0.05) is 0 Å². The van der Waals surface area contributed by atoms with Crippen molar-refractivity contribution in [3.63, 3.8) is 0 Å². The first-order chi connectivity index (χ1) is 11.6. The van der Waals surface area contributed by atoms with E-state index in [0.29, 0.717) is 3.67 Å². The molecule has 1 atom stereocenters. The van der Waals surface area contributed by atoms with Gasteiger partial charge < -0.3 is 24.8 Å². The fourth-order valence-corrected chi connectivity index (χ4v) is 4.98. The van der Waals surface area contributed by atoms with E-state index in [1.54, 1.807) is 0 Å². The zero-order valence-electron chi connectivity index (χ0n) is 17.1. The Balaban J connectivity index is 0.00000182. The molecule has 0 saturated carbocycles. The van der Waals surface area contributed by atoms with Crippen LogP contribution in [-0.2, 0) is 29.8 Å². The number of aryl methyl sites for hydroxylation is 2. The first kappa shape index (κ1) is 24.5. The van der Waals surface area contributed by atoms with Gasteiger partial charge in [-0.05, 0) is 0 Å². The first-order valence-corrected chi connectivity index (χ1v) is 10.9. The fraction of sp³-hybridized carbons (Fsp3) is 0.391. The largest absolute Gasteiger partial charge is 1.00 e. The van der Waals surface area contributed by atoms with Gasteiger partial charge in [-0.15, -0.1) is 0 Å². The Kier molecular flexibility index (Phi) is 8.01. The molecule has 2 aromatic rings. The minimum Gasteiger partial charge on any atom is -1.00 e. The molecule has 27 heavy (non-hydrogen) atoms. The van der Waals surface area contributed by atoms with Crippen LogP contribution < -0.4 is 29.6 Å². The third-order valence-corrected chi connectivity index (χ3v) is 7.77. The number of benzene rings is 2. The molecule has 0 aliphatic heterocycles. The van der Waals surface area contributed by atoms with Gasteiger partial charge in [0.1, 0.15) is 0 Å². The van der Waals surface area contributed by atoms with Crippen molar-refractivity contribution in [2.75, 3.05) is 7.11 Å². The minimum atomic E-state index is 0. The van der Waals surface area contributed by atoms with Crippen LogP contribution in [0.25, 0.3) is 17.2 Å². The van der Waals surface area contributed by atoms with Gasteiger partial charge in [-0.3, -0.25) is 0 Å². The Morgan fingerprint density at radius 1 is 0.926 bits per heavy atom. The molecule has 1 aliphatic carbocycles. The van der Waals surface area contributed by atoms with Crippen LogP contribution >= 0.6 is 0 Å². The fourth-order valence-electron chi connectivity index (χ4n) is 3.83. The van der Waals surface area contributed by atoms with Gasteiger partial charge in [0.2, 0.25) is 0 Å². The normalized spacial score (nSPS) is 15.4. The summed E-state index contributed by atoms with van der Waals surface area (Å²) >= 11 is 1.15. The third-order valence-electron chi connectivity index (χ3n) is 5.01. The van der Waals surface area contributed by atoms with E-state index < -0.39 is 0 Å². The Morgan fingerprint density at radius 3 is 1.96 bits per heavy atom. The van der Waals surface area contributed by atoms with Crippen molar-refractivity contribution in [1.82, 2.24) is 0 Å². The molecule has 4 heteroatoms. The summed E-state index contributed by atoms with van der Waals surface area (Å²) in [4.78, 5) is 0. The zero-order chi connectivity index (χ0) is 18.5. The number of rotatable bonds is 2. The number of hydrogen-bond acceptors (Lipinski definition) is 1. The average molecular weight is 569 g/mol. The molecule has 1 aliphatic rings. The predicted molar refractivity (Wildman–Crippen MR) is 103 cm³/mol. The zero-order valence-corrected chi connectivity index (χ0v) is 22.2. The number of methoxy groups -OCH3 is 1. The summed E-state index contributed by atoms with van der Waals surface area (Å²) in [5.41, 5.74) is 10.8. The summed E-state index contributed by atoms with van der Waals surface area (Å²) in [5, 5.41) is 0. The molecule has 1 nitrogen and oxygen atoms in total. The summed E-state index contributed by atoms with van der Waals surface area (Å²) in [7, 11) is 1.81. The number of allylic oxidation sites excluding steroid dienone is 1. The molecule has 2 aromatic carbocycles. The van der Waals surface area contributed by atoms with Gasteiger partial charge in [0.05, 0.1) is 0 Å². The second-order valence-corrected chi connectivity index (χ2v) is 10.4. The topological polar surface area (TPSA) is 9.23 Å². The molecule has 0 fully saturated rings. The molecule has 0 heterocycles. The van der Waals surface area contributed by atoms with Crippen LogP contribution in [-0.4, -0.2) is 7.11 Å². The Labute approximate surface area is 191 Å².